The van der Waals surface area contributed by atoms with Crippen molar-refractivity contribution in [2.24, 2.45) is 5.41 Å². The van der Waals surface area contributed by atoms with E-state index in [2.05, 4.69) is 58.7 Å². The molecule has 1 N–H and O–H groups in total. The zero-order chi connectivity index (χ0) is 14.0. The Balaban J connectivity index is 2.55. The SMILES string of the molecule is CC(C)OCCN1CC(C(C)(C)C)NCC1(C)C. The number of hydrogen-bond acceptors (Lipinski definition) is 3. The molecule has 1 unspecified atom stereocenters. The summed E-state index contributed by atoms with van der Waals surface area (Å²) in [5.74, 6) is 0. The van der Waals surface area contributed by atoms with Crippen LogP contribution in [0, 0.1) is 5.41 Å². The summed E-state index contributed by atoms with van der Waals surface area (Å²) in [6.45, 7) is 19.8. The second-order valence-corrected chi connectivity index (χ2v) is 7.48. The van der Waals surface area contributed by atoms with Gasteiger partial charge in [0, 0.05) is 31.2 Å². The van der Waals surface area contributed by atoms with Crippen LogP contribution in [0.5, 0.6) is 0 Å². The van der Waals surface area contributed by atoms with Crippen LogP contribution in [0.25, 0.3) is 0 Å². The fraction of sp³-hybridized carbons (Fsp3) is 1.00. The molecule has 1 aliphatic rings. The molecule has 0 aromatic carbocycles. The molecule has 3 heteroatoms. The van der Waals surface area contributed by atoms with Gasteiger partial charge in [-0.15, -0.1) is 0 Å². The molecule has 1 heterocycles. The van der Waals surface area contributed by atoms with Crippen LogP contribution in [0.2, 0.25) is 0 Å². The van der Waals surface area contributed by atoms with Crippen LogP contribution in [0.1, 0.15) is 48.5 Å². The van der Waals surface area contributed by atoms with Crippen LogP contribution in [0.3, 0.4) is 0 Å². The number of nitrogens with one attached hydrogen (secondary N) is 1. The number of hydrogen-bond donors (Lipinski definition) is 1. The highest BCUT2D eigenvalue weighted by Crippen LogP contribution is 2.27. The maximum atomic E-state index is 5.70. The first-order valence-corrected chi connectivity index (χ1v) is 7.23. The van der Waals surface area contributed by atoms with Crippen molar-refractivity contribution in [1.82, 2.24) is 10.2 Å². The van der Waals surface area contributed by atoms with Crippen LogP contribution in [-0.4, -0.2) is 48.8 Å². The molecule has 0 aromatic heterocycles. The molecule has 0 saturated carbocycles. The molecule has 1 saturated heterocycles. The predicted molar refractivity (Wildman–Crippen MR) is 78.0 cm³/mol. The number of nitrogens with zero attached hydrogens (tertiary/aromatic N) is 1. The number of piperazine rings is 1. The van der Waals surface area contributed by atoms with Crippen molar-refractivity contribution in [3.63, 3.8) is 0 Å². The molecular formula is C15H32N2O. The fourth-order valence-electron chi connectivity index (χ4n) is 2.39. The third-order valence-electron chi connectivity index (χ3n) is 3.90. The Labute approximate surface area is 113 Å². The Morgan fingerprint density at radius 2 is 1.94 bits per heavy atom. The Kier molecular flexibility index (Phi) is 5.22. The second-order valence-electron chi connectivity index (χ2n) is 7.48. The smallest absolute Gasteiger partial charge is 0.0597 e. The minimum atomic E-state index is 0.224. The van der Waals surface area contributed by atoms with E-state index in [0.717, 1.165) is 26.2 Å². The van der Waals surface area contributed by atoms with Crippen molar-refractivity contribution in [2.75, 3.05) is 26.2 Å². The molecule has 0 aliphatic carbocycles. The highest BCUT2D eigenvalue weighted by atomic mass is 16.5. The zero-order valence-electron chi connectivity index (χ0n) is 13.3. The van der Waals surface area contributed by atoms with E-state index in [9.17, 15) is 0 Å². The van der Waals surface area contributed by atoms with Gasteiger partial charge in [0.15, 0.2) is 0 Å². The van der Waals surface area contributed by atoms with E-state index >= 15 is 0 Å². The van der Waals surface area contributed by atoms with Crippen LogP contribution in [0.4, 0.5) is 0 Å². The minimum Gasteiger partial charge on any atom is -0.377 e. The largest absolute Gasteiger partial charge is 0.377 e. The van der Waals surface area contributed by atoms with Gasteiger partial charge in [-0.3, -0.25) is 4.90 Å². The monoisotopic (exact) mass is 256 g/mol. The summed E-state index contributed by atoms with van der Waals surface area (Å²) < 4.78 is 5.70. The lowest BCUT2D eigenvalue weighted by atomic mass is 9.83. The first-order chi connectivity index (χ1) is 8.13. The van der Waals surface area contributed by atoms with Crippen molar-refractivity contribution in [3.05, 3.63) is 0 Å². The minimum absolute atomic E-state index is 0.224. The third-order valence-corrected chi connectivity index (χ3v) is 3.90. The van der Waals surface area contributed by atoms with E-state index in [0.29, 0.717) is 17.6 Å². The molecule has 0 aromatic rings. The third kappa shape index (κ3) is 4.52. The summed E-state index contributed by atoms with van der Waals surface area (Å²) in [4.78, 5) is 2.57. The highest BCUT2D eigenvalue weighted by Gasteiger charge is 2.37. The van der Waals surface area contributed by atoms with Crippen LogP contribution in [-0.2, 0) is 4.74 Å². The molecule has 18 heavy (non-hydrogen) atoms. The Hall–Kier alpha value is -0.120. The van der Waals surface area contributed by atoms with Gasteiger partial charge in [-0.05, 0) is 33.1 Å². The summed E-state index contributed by atoms with van der Waals surface area (Å²) in [6.07, 6.45) is 0.328. The average Bonchev–Trinajstić information content (AvgIpc) is 2.17. The van der Waals surface area contributed by atoms with Crippen LogP contribution >= 0.6 is 0 Å². The number of ether oxygens (including phenoxy) is 1. The molecule has 3 nitrogen and oxygen atoms in total. The molecule has 0 spiro atoms. The molecule has 1 aliphatic heterocycles. The molecular weight excluding hydrogens is 224 g/mol. The van der Waals surface area contributed by atoms with Crippen molar-refractivity contribution in [3.8, 4) is 0 Å². The zero-order valence-corrected chi connectivity index (χ0v) is 13.3. The van der Waals surface area contributed by atoms with Gasteiger partial charge >= 0.3 is 0 Å². The number of rotatable bonds is 4. The molecule has 1 rings (SSSR count). The average molecular weight is 256 g/mol. The predicted octanol–water partition coefficient (Wildman–Crippen LogP) is 2.51. The van der Waals surface area contributed by atoms with E-state index < -0.39 is 0 Å². The quantitative estimate of drug-likeness (QED) is 0.836. The summed E-state index contributed by atoms with van der Waals surface area (Å²) in [6, 6.07) is 0.560. The fourth-order valence-corrected chi connectivity index (χ4v) is 2.39. The molecule has 0 radical (unpaired) electrons. The molecule has 0 bridgehead atoms. The van der Waals surface area contributed by atoms with Gasteiger partial charge in [0.1, 0.15) is 0 Å². The molecule has 1 fully saturated rings. The maximum absolute atomic E-state index is 5.70. The molecule has 1 atom stereocenters. The molecule has 108 valence electrons. The van der Waals surface area contributed by atoms with E-state index in [4.69, 9.17) is 4.74 Å². The standard InChI is InChI=1S/C15H32N2O/c1-12(2)18-9-8-17-10-13(14(3,4)5)16-11-15(17,6)7/h12-13,16H,8-11H2,1-7H3. The summed E-state index contributed by atoms with van der Waals surface area (Å²) >= 11 is 0. The highest BCUT2D eigenvalue weighted by molar-refractivity contribution is 4.96. The summed E-state index contributed by atoms with van der Waals surface area (Å²) in [7, 11) is 0. The Morgan fingerprint density at radius 3 is 2.44 bits per heavy atom. The van der Waals surface area contributed by atoms with Gasteiger partial charge in [-0.25, -0.2) is 0 Å². The van der Waals surface area contributed by atoms with Gasteiger partial charge in [0.05, 0.1) is 12.7 Å². The Morgan fingerprint density at radius 1 is 1.33 bits per heavy atom. The lowest BCUT2D eigenvalue weighted by molar-refractivity contribution is -0.00279. The van der Waals surface area contributed by atoms with Crippen molar-refractivity contribution in [2.45, 2.75) is 66.2 Å². The van der Waals surface area contributed by atoms with Crippen molar-refractivity contribution in [1.29, 1.82) is 0 Å². The van der Waals surface area contributed by atoms with Gasteiger partial charge in [-0.2, -0.15) is 0 Å². The van der Waals surface area contributed by atoms with E-state index in [1.54, 1.807) is 0 Å². The second kappa shape index (κ2) is 5.89. The lowest BCUT2D eigenvalue weighted by Crippen LogP contribution is -2.65. The van der Waals surface area contributed by atoms with Crippen molar-refractivity contribution < 1.29 is 4.74 Å². The van der Waals surface area contributed by atoms with E-state index in [-0.39, 0.29) is 5.54 Å². The lowest BCUT2D eigenvalue weighted by Gasteiger charge is -2.49. The van der Waals surface area contributed by atoms with Gasteiger partial charge < -0.3 is 10.1 Å². The van der Waals surface area contributed by atoms with Crippen LogP contribution < -0.4 is 5.32 Å². The topological polar surface area (TPSA) is 24.5 Å². The van der Waals surface area contributed by atoms with Crippen molar-refractivity contribution >= 4 is 0 Å². The van der Waals surface area contributed by atoms with Crippen LogP contribution in [0.15, 0.2) is 0 Å². The van der Waals surface area contributed by atoms with E-state index in [1.165, 1.54) is 0 Å². The maximum Gasteiger partial charge on any atom is 0.0597 e. The first-order valence-electron chi connectivity index (χ1n) is 7.23. The van der Waals surface area contributed by atoms with Gasteiger partial charge in [0.25, 0.3) is 0 Å². The Bertz CT molecular complexity index is 256. The van der Waals surface area contributed by atoms with Gasteiger partial charge in [-0.1, -0.05) is 20.8 Å². The molecule has 0 amide bonds. The summed E-state index contributed by atoms with van der Waals surface area (Å²) in [5.41, 5.74) is 0.537. The normalized spacial score (nSPS) is 25.7. The first kappa shape index (κ1) is 15.9. The van der Waals surface area contributed by atoms with E-state index in [1.807, 2.05) is 0 Å². The summed E-state index contributed by atoms with van der Waals surface area (Å²) in [5, 5.41) is 3.70. The van der Waals surface area contributed by atoms with Gasteiger partial charge in [0.2, 0.25) is 0 Å².